The summed E-state index contributed by atoms with van der Waals surface area (Å²) in [4.78, 5) is 36.7. The second kappa shape index (κ2) is 8.12. The standard InChI is InChI=1S/C19H24N4O3/c20-18(25)17-14-10-6-7-11-15(14)19(26)23(22-17)12-16(24)21-13-8-4-2-1-3-5-9-13/h6-7,10-11,13H,1-5,8-9,12H2,(H2,20,25)(H,21,24). The molecule has 1 aliphatic rings. The number of nitrogens with one attached hydrogen (secondary N) is 1. The number of amides is 2. The summed E-state index contributed by atoms with van der Waals surface area (Å²) in [6, 6.07) is 6.78. The fourth-order valence-corrected chi connectivity index (χ4v) is 3.53. The zero-order valence-corrected chi connectivity index (χ0v) is 14.7. The van der Waals surface area contributed by atoms with E-state index in [-0.39, 0.29) is 24.2 Å². The van der Waals surface area contributed by atoms with Crippen molar-refractivity contribution in [1.82, 2.24) is 15.1 Å². The molecule has 1 saturated carbocycles. The van der Waals surface area contributed by atoms with Crippen LogP contribution in [0.2, 0.25) is 0 Å². The summed E-state index contributed by atoms with van der Waals surface area (Å²) in [5.74, 6) is -0.994. The van der Waals surface area contributed by atoms with Crippen molar-refractivity contribution in [1.29, 1.82) is 0 Å². The molecular weight excluding hydrogens is 332 g/mol. The SMILES string of the molecule is NC(=O)c1nn(CC(=O)NC2CCCCCCC2)c(=O)c2ccccc12. The van der Waals surface area contributed by atoms with Crippen LogP contribution in [0.1, 0.15) is 55.4 Å². The highest BCUT2D eigenvalue weighted by molar-refractivity contribution is 6.04. The molecule has 1 fully saturated rings. The Labute approximate surface area is 151 Å². The molecule has 3 N–H and O–H groups in total. The van der Waals surface area contributed by atoms with Gasteiger partial charge in [0.1, 0.15) is 6.54 Å². The van der Waals surface area contributed by atoms with Gasteiger partial charge in [0.05, 0.1) is 5.39 Å². The monoisotopic (exact) mass is 356 g/mol. The fraction of sp³-hybridized carbons (Fsp3) is 0.474. The first-order chi connectivity index (χ1) is 12.6. The number of nitrogens with two attached hydrogens (primary N) is 1. The molecule has 7 heteroatoms. The number of hydrogen-bond acceptors (Lipinski definition) is 4. The Morgan fingerprint density at radius 2 is 1.69 bits per heavy atom. The average molecular weight is 356 g/mol. The van der Waals surface area contributed by atoms with Crippen molar-refractivity contribution < 1.29 is 9.59 Å². The lowest BCUT2D eigenvalue weighted by molar-refractivity contribution is -0.122. The number of aromatic nitrogens is 2. The van der Waals surface area contributed by atoms with E-state index in [0.29, 0.717) is 10.8 Å². The van der Waals surface area contributed by atoms with Crippen LogP contribution in [0.5, 0.6) is 0 Å². The molecule has 138 valence electrons. The van der Waals surface area contributed by atoms with Crippen molar-refractivity contribution in [2.24, 2.45) is 5.73 Å². The first kappa shape index (κ1) is 18.1. The van der Waals surface area contributed by atoms with Gasteiger partial charge in [-0.05, 0) is 18.9 Å². The molecule has 3 rings (SSSR count). The molecule has 0 bridgehead atoms. The van der Waals surface area contributed by atoms with E-state index in [9.17, 15) is 14.4 Å². The summed E-state index contributed by atoms with van der Waals surface area (Å²) in [7, 11) is 0. The number of nitrogens with zero attached hydrogens (tertiary/aromatic N) is 2. The Bertz CT molecular complexity index is 867. The number of rotatable bonds is 4. The Balaban J connectivity index is 1.81. The highest BCUT2D eigenvalue weighted by Gasteiger charge is 2.18. The van der Waals surface area contributed by atoms with E-state index in [2.05, 4.69) is 10.4 Å². The maximum Gasteiger partial charge on any atom is 0.275 e. The third-order valence-corrected chi connectivity index (χ3v) is 4.86. The van der Waals surface area contributed by atoms with Crippen LogP contribution < -0.4 is 16.6 Å². The molecule has 0 atom stereocenters. The number of carbonyl (C=O) groups excluding carboxylic acids is 2. The van der Waals surface area contributed by atoms with Crippen LogP contribution in [0.15, 0.2) is 29.1 Å². The lowest BCUT2D eigenvalue weighted by Crippen LogP contribution is -2.40. The van der Waals surface area contributed by atoms with E-state index in [1.807, 2.05) is 0 Å². The highest BCUT2D eigenvalue weighted by atomic mass is 16.2. The number of carbonyl (C=O) groups is 2. The summed E-state index contributed by atoms with van der Waals surface area (Å²) in [6.45, 7) is -0.222. The predicted molar refractivity (Wildman–Crippen MR) is 98.8 cm³/mol. The quantitative estimate of drug-likeness (QED) is 0.870. The van der Waals surface area contributed by atoms with Gasteiger partial charge in [0.2, 0.25) is 5.91 Å². The summed E-state index contributed by atoms with van der Waals surface area (Å²) < 4.78 is 1.03. The Kier molecular flexibility index (Phi) is 5.65. The second-order valence-electron chi connectivity index (χ2n) is 6.83. The van der Waals surface area contributed by atoms with Gasteiger partial charge in [-0.2, -0.15) is 5.10 Å². The zero-order valence-electron chi connectivity index (χ0n) is 14.7. The number of hydrogen-bond donors (Lipinski definition) is 2. The summed E-state index contributed by atoms with van der Waals surface area (Å²) >= 11 is 0. The number of fused-ring (bicyclic) bond motifs is 1. The third-order valence-electron chi connectivity index (χ3n) is 4.86. The maximum atomic E-state index is 12.6. The lowest BCUT2D eigenvalue weighted by Gasteiger charge is -2.21. The minimum atomic E-state index is -0.727. The fourth-order valence-electron chi connectivity index (χ4n) is 3.53. The van der Waals surface area contributed by atoms with E-state index >= 15 is 0 Å². The van der Waals surface area contributed by atoms with Crippen molar-refractivity contribution in [3.63, 3.8) is 0 Å². The van der Waals surface area contributed by atoms with E-state index in [1.165, 1.54) is 19.3 Å². The van der Waals surface area contributed by atoms with E-state index in [0.717, 1.165) is 30.4 Å². The predicted octanol–water partition coefficient (Wildman–Crippen LogP) is 1.72. The van der Waals surface area contributed by atoms with Gasteiger partial charge in [0.25, 0.3) is 11.5 Å². The Morgan fingerprint density at radius 3 is 2.35 bits per heavy atom. The van der Waals surface area contributed by atoms with Crippen LogP contribution in [0.3, 0.4) is 0 Å². The van der Waals surface area contributed by atoms with Crippen molar-refractivity contribution in [3.05, 3.63) is 40.3 Å². The zero-order chi connectivity index (χ0) is 18.5. The van der Waals surface area contributed by atoms with Gasteiger partial charge in [-0.3, -0.25) is 14.4 Å². The van der Waals surface area contributed by atoms with Crippen LogP contribution in [0.25, 0.3) is 10.8 Å². The van der Waals surface area contributed by atoms with Gasteiger partial charge in [-0.15, -0.1) is 0 Å². The molecule has 1 aromatic carbocycles. The molecule has 0 radical (unpaired) electrons. The minimum absolute atomic E-state index is 0.000969. The molecule has 7 nitrogen and oxygen atoms in total. The molecule has 0 spiro atoms. The molecule has 26 heavy (non-hydrogen) atoms. The van der Waals surface area contributed by atoms with Crippen molar-refractivity contribution in [3.8, 4) is 0 Å². The van der Waals surface area contributed by atoms with Crippen LogP contribution in [0, 0.1) is 0 Å². The van der Waals surface area contributed by atoms with Crippen molar-refractivity contribution in [2.45, 2.75) is 57.5 Å². The van der Waals surface area contributed by atoms with Gasteiger partial charge < -0.3 is 11.1 Å². The average Bonchev–Trinajstić information content (AvgIpc) is 2.59. The molecule has 1 aromatic heterocycles. The molecule has 2 aromatic rings. The van der Waals surface area contributed by atoms with Crippen molar-refractivity contribution in [2.75, 3.05) is 0 Å². The molecule has 0 aliphatic heterocycles. The summed E-state index contributed by atoms with van der Waals surface area (Å²) in [5, 5.41) is 7.77. The van der Waals surface area contributed by atoms with Crippen LogP contribution >= 0.6 is 0 Å². The topological polar surface area (TPSA) is 107 Å². The molecule has 0 unspecified atom stereocenters. The first-order valence-corrected chi connectivity index (χ1v) is 9.15. The van der Waals surface area contributed by atoms with Crippen LogP contribution in [-0.2, 0) is 11.3 Å². The third kappa shape index (κ3) is 4.09. The first-order valence-electron chi connectivity index (χ1n) is 9.15. The molecule has 2 amide bonds. The minimum Gasteiger partial charge on any atom is -0.364 e. The van der Waals surface area contributed by atoms with E-state index in [1.54, 1.807) is 24.3 Å². The molecular formula is C19H24N4O3. The van der Waals surface area contributed by atoms with Gasteiger partial charge in [-0.25, -0.2) is 4.68 Å². The highest BCUT2D eigenvalue weighted by Crippen LogP contribution is 2.17. The normalized spacial score (nSPS) is 16.0. The molecule has 1 aliphatic carbocycles. The van der Waals surface area contributed by atoms with Gasteiger partial charge in [0.15, 0.2) is 5.69 Å². The number of primary amides is 1. The van der Waals surface area contributed by atoms with Gasteiger partial charge in [-0.1, -0.05) is 50.3 Å². The molecule has 0 saturated heterocycles. The Morgan fingerprint density at radius 1 is 1.08 bits per heavy atom. The lowest BCUT2D eigenvalue weighted by atomic mass is 9.97. The Hall–Kier alpha value is -2.70. The second-order valence-corrected chi connectivity index (χ2v) is 6.83. The maximum absolute atomic E-state index is 12.6. The smallest absolute Gasteiger partial charge is 0.275 e. The van der Waals surface area contributed by atoms with E-state index < -0.39 is 11.5 Å². The van der Waals surface area contributed by atoms with E-state index in [4.69, 9.17) is 5.73 Å². The summed E-state index contributed by atoms with van der Waals surface area (Å²) in [5.41, 5.74) is 4.99. The largest absolute Gasteiger partial charge is 0.364 e. The van der Waals surface area contributed by atoms with Crippen molar-refractivity contribution >= 4 is 22.6 Å². The van der Waals surface area contributed by atoms with Crippen LogP contribution in [-0.4, -0.2) is 27.6 Å². The molecule has 1 heterocycles. The van der Waals surface area contributed by atoms with Crippen LogP contribution in [0.4, 0.5) is 0 Å². The van der Waals surface area contributed by atoms with Gasteiger partial charge in [0, 0.05) is 11.4 Å². The summed E-state index contributed by atoms with van der Waals surface area (Å²) in [6.07, 6.45) is 7.76. The van der Waals surface area contributed by atoms with Gasteiger partial charge >= 0.3 is 0 Å². The number of benzene rings is 1.